The van der Waals surface area contributed by atoms with Crippen LogP contribution in [-0.2, 0) is 4.79 Å². The van der Waals surface area contributed by atoms with Gasteiger partial charge in [0.1, 0.15) is 0 Å². The minimum Gasteiger partial charge on any atom is -0.331 e. The summed E-state index contributed by atoms with van der Waals surface area (Å²) < 4.78 is 0. The van der Waals surface area contributed by atoms with Gasteiger partial charge in [-0.1, -0.05) is 48.0 Å². The molecule has 0 heterocycles. The molecule has 5 nitrogen and oxygen atoms in total. The van der Waals surface area contributed by atoms with E-state index >= 15 is 0 Å². The van der Waals surface area contributed by atoms with Crippen molar-refractivity contribution in [2.75, 3.05) is 5.32 Å². The van der Waals surface area contributed by atoms with Crippen molar-refractivity contribution in [3.05, 3.63) is 65.7 Å². The van der Waals surface area contributed by atoms with E-state index in [1.54, 1.807) is 24.3 Å². The summed E-state index contributed by atoms with van der Waals surface area (Å²) in [7, 11) is 0. The molecule has 0 saturated heterocycles. The highest BCUT2D eigenvalue weighted by Gasteiger charge is 2.19. The number of nitriles is 1. The first kappa shape index (κ1) is 16.5. The van der Waals surface area contributed by atoms with Gasteiger partial charge in [-0.3, -0.25) is 15.6 Å². The monoisotopic (exact) mass is 324 g/mol. The van der Waals surface area contributed by atoms with E-state index in [-0.39, 0.29) is 5.11 Å². The summed E-state index contributed by atoms with van der Waals surface area (Å²) in [6, 6.07) is 18.5. The van der Waals surface area contributed by atoms with E-state index in [0.29, 0.717) is 5.56 Å². The zero-order chi connectivity index (χ0) is 16.7. The molecule has 1 unspecified atom stereocenters. The number of benzene rings is 2. The number of aryl methyl sites for hydroxylation is 1. The molecule has 0 bridgehead atoms. The average Bonchev–Trinajstić information content (AvgIpc) is 2.57. The summed E-state index contributed by atoms with van der Waals surface area (Å²) in [5, 5.41) is 12.4. The molecule has 0 spiro atoms. The van der Waals surface area contributed by atoms with E-state index in [1.165, 1.54) is 0 Å². The van der Waals surface area contributed by atoms with Crippen LogP contribution in [0, 0.1) is 18.3 Å². The summed E-state index contributed by atoms with van der Waals surface area (Å²) in [6.07, 6.45) is 0. The smallest absolute Gasteiger partial charge is 0.260 e. The van der Waals surface area contributed by atoms with Gasteiger partial charge >= 0.3 is 0 Å². The van der Waals surface area contributed by atoms with E-state index in [9.17, 15) is 10.1 Å². The quantitative estimate of drug-likeness (QED) is 0.598. The maximum absolute atomic E-state index is 12.1. The largest absolute Gasteiger partial charge is 0.331 e. The van der Waals surface area contributed by atoms with Crippen LogP contribution in [-0.4, -0.2) is 11.0 Å². The van der Waals surface area contributed by atoms with E-state index in [4.69, 9.17) is 12.2 Å². The number of anilines is 1. The van der Waals surface area contributed by atoms with Gasteiger partial charge in [0.2, 0.25) is 0 Å². The third-order valence-corrected chi connectivity index (χ3v) is 3.34. The maximum atomic E-state index is 12.1. The molecule has 23 heavy (non-hydrogen) atoms. The van der Waals surface area contributed by atoms with Crippen molar-refractivity contribution >= 4 is 28.9 Å². The number of hydrazine groups is 1. The first-order valence-corrected chi connectivity index (χ1v) is 7.39. The second-order valence-corrected chi connectivity index (χ2v) is 5.32. The van der Waals surface area contributed by atoms with Crippen molar-refractivity contribution in [1.29, 1.82) is 5.26 Å². The average molecular weight is 324 g/mol. The Morgan fingerprint density at radius 2 is 1.74 bits per heavy atom. The van der Waals surface area contributed by atoms with Gasteiger partial charge in [0.25, 0.3) is 5.91 Å². The molecule has 0 saturated carbocycles. The van der Waals surface area contributed by atoms with Crippen molar-refractivity contribution in [3.8, 4) is 6.07 Å². The molecule has 116 valence electrons. The minimum absolute atomic E-state index is 0.243. The Bertz CT molecular complexity index is 723. The van der Waals surface area contributed by atoms with Gasteiger partial charge in [0.15, 0.2) is 11.0 Å². The number of hydrogen-bond donors (Lipinski definition) is 3. The Morgan fingerprint density at radius 1 is 1.09 bits per heavy atom. The molecule has 2 aromatic carbocycles. The van der Waals surface area contributed by atoms with Crippen LogP contribution in [0.3, 0.4) is 0 Å². The van der Waals surface area contributed by atoms with Gasteiger partial charge in [-0.25, -0.2) is 0 Å². The Hall–Kier alpha value is -2.91. The van der Waals surface area contributed by atoms with Gasteiger partial charge < -0.3 is 5.32 Å². The van der Waals surface area contributed by atoms with Crippen LogP contribution in [0.15, 0.2) is 54.6 Å². The SMILES string of the molecule is Cc1ccc(NC(=S)NNC(=O)C(C#N)c2ccccc2)cc1. The third kappa shape index (κ3) is 4.80. The van der Waals surface area contributed by atoms with E-state index < -0.39 is 11.8 Å². The lowest BCUT2D eigenvalue weighted by atomic mass is 10.0. The van der Waals surface area contributed by atoms with Gasteiger partial charge in [-0.15, -0.1) is 0 Å². The lowest BCUT2D eigenvalue weighted by molar-refractivity contribution is -0.121. The molecule has 0 aliphatic rings. The third-order valence-electron chi connectivity index (χ3n) is 3.13. The highest BCUT2D eigenvalue weighted by Crippen LogP contribution is 2.14. The van der Waals surface area contributed by atoms with E-state index in [0.717, 1.165) is 11.3 Å². The lowest BCUT2D eigenvalue weighted by Gasteiger charge is -2.14. The topological polar surface area (TPSA) is 76.9 Å². The molecule has 0 aliphatic heterocycles. The van der Waals surface area contributed by atoms with Crippen molar-refractivity contribution in [1.82, 2.24) is 10.9 Å². The molecule has 0 aromatic heterocycles. The molecular weight excluding hydrogens is 308 g/mol. The van der Waals surface area contributed by atoms with Gasteiger partial charge in [-0.05, 0) is 36.8 Å². The Morgan fingerprint density at radius 3 is 2.35 bits per heavy atom. The first-order chi connectivity index (χ1) is 11.1. The summed E-state index contributed by atoms with van der Waals surface area (Å²) in [5.74, 6) is -1.36. The number of rotatable bonds is 3. The number of amides is 1. The molecule has 2 rings (SSSR count). The first-order valence-electron chi connectivity index (χ1n) is 6.98. The van der Waals surface area contributed by atoms with Crippen LogP contribution in [0.4, 0.5) is 5.69 Å². The molecular formula is C17H16N4OS. The summed E-state index contributed by atoms with van der Waals surface area (Å²) >= 11 is 5.11. The van der Waals surface area contributed by atoms with Crippen LogP contribution in [0.2, 0.25) is 0 Å². The number of hydrogen-bond acceptors (Lipinski definition) is 3. The normalized spacial score (nSPS) is 11.0. The van der Waals surface area contributed by atoms with Crippen LogP contribution in [0.25, 0.3) is 0 Å². The van der Waals surface area contributed by atoms with Crippen molar-refractivity contribution in [2.45, 2.75) is 12.8 Å². The molecule has 6 heteroatoms. The fourth-order valence-corrected chi connectivity index (χ4v) is 2.09. The van der Waals surface area contributed by atoms with Gasteiger partial charge in [0.05, 0.1) is 6.07 Å². The Balaban J connectivity index is 1.89. The second kappa shape index (κ2) is 7.92. The number of carbonyl (C=O) groups excluding carboxylic acids is 1. The highest BCUT2D eigenvalue weighted by atomic mass is 32.1. The number of nitrogens with zero attached hydrogens (tertiary/aromatic N) is 1. The number of carbonyl (C=O) groups is 1. The molecule has 1 atom stereocenters. The van der Waals surface area contributed by atoms with Crippen LogP contribution in [0.5, 0.6) is 0 Å². The zero-order valence-electron chi connectivity index (χ0n) is 12.5. The zero-order valence-corrected chi connectivity index (χ0v) is 13.4. The van der Waals surface area contributed by atoms with Crippen LogP contribution in [0.1, 0.15) is 17.0 Å². The maximum Gasteiger partial charge on any atom is 0.260 e. The molecule has 1 amide bonds. The predicted octanol–water partition coefficient (Wildman–Crippen LogP) is 2.62. The second-order valence-electron chi connectivity index (χ2n) is 4.91. The Labute approximate surface area is 140 Å². The van der Waals surface area contributed by atoms with Crippen LogP contribution < -0.4 is 16.2 Å². The molecule has 0 radical (unpaired) electrons. The van der Waals surface area contributed by atoms with E-state index in [1.807, 2.05) is 43.3 Å². The predicted molar refractivity (Wildman–Crippen MR) is 93.5 cm³/mol. The fraction of sp³-hybridized carbons (Fsp3) is 0.118. The fourth-order valence-electron chi connectivity index (χ4n) is 1.92. The van der Waals surface area contributed by atoms with Crippen molar-refractivity contribution in [2.24, 2.45) is 0 Å². The van der Waals surface area contributed by atoms with Crippen LogP contribution >= 0.6 is 12.2 Å². The highest BCUT2D eigenvalue weighted by molar-refractivity contribution is 7.80. The van der Waals surface area contributed by atoms with Crippen molar-refractivity contribution in [3.63, 3.8) is 0 Å². The molecule has 2 aromatic rings. The summed E-state index contributed by atoms with van der Waals surface area (Å²) in [6.45, 7) is 1.99. The van der Waals surface area contributed by atoms with Gasteiger partial charge in [0, 0.05) is 5.69 Å². The van der Waals surface area contributed by atoms with Gasteiger partial charge in [-0.2, -0.15) is 5.26 Å². The van der Waals surface area contributed by atoms with E-state index in [2.05, 4.69) is 16.2 Å². The Kier molecular flexibility index (Phi) is 5.67. The molecule has 0 fully saturated rings. The molecule has 3 N–H and O–H groups in total. The summed E-state index contributed by atoms with van der Waals surface area (Å²) in [4.78, 5) is 12.1. The number of thiocarbonyl (C=S) groups is 1. The minimum atomic E-state index is -0.897. The lowest BCUT2D eigenvalue weighted by Crippen LogP contribution is -2.45. The molecule has 0 aliphatic carbocycles. The summed E-state index contributed by atoms with van der Waals surface area (Å²) in [5.41, 5.74) is 7.63. The standard InChI is InChI=1S/C17H16N4OS/c1-12-7-9-14(10-8-12)19-17(23)21-20-16(22)15(11-18)13-5-3-2-4-6-13/h2-10,15H,1H3,(H,20,22)(H2,19,21,23). The number of nitrogens with one attached hydrogen (secondary N) is 3. The van der Waals surface area contributed by atoms with Crippen molar-refractivity contribution < 1.29 is 4.79 Å².